The molecule has 0 aromatic heterocycles. The van der Waals surface area contributed by atoms with Crippen molar-refractivity contribution >= 4 is 5.57 Å². The highest BCUT2D eigenvalue weighted by molar-refractivity contribution is 5.75. The maximum Gasteiger partial charge on any atom is 0.0198 e. The average molecular weight is 215 g/mol. The molecule has 0 aliphatic carbocycles. The fourth-order valence-corrected chi connectivity index (χ4v) is 1.73. The molecule has 1 nitrogen and oxygen atoms in total. The summed E-state index contributed by atoms with van der Waals surface area (Å²) in [5.41, 5.74) is 10.8. The molecule has 1 rings (SSSR count). The lowest BCUT2D eigenvalue weighted by molar-refractivity contribution is 0.926. The first-order valence-corrected chi connectivity index (χ1v) is 5.72. The fourth-order valence-electron chi connectivity index (χ4n) is 1.73. The summed E-state index contributed by atoms with van der Waals surface area (Å²) >= 11 is 0. The van der Waals surface area contributed by atoms with Gasteiger partial charge in [0.25, 0.3) is 0 Å². The number of hydrogen-bond donors (Lipinski definition) is 1. The van der Waals surface area contributed by atoms with E-state index in [9.17, 15) is 0 Å². The van der Waals surface area contributed by atoms with Gasteiger partial charge in [0.1, 0.15) is 0 Å². The predicted octanol–water partition coefficient (Wildman–Crippen LogP) is 3.61. The van der Waals surface area contributed by atoms with Gasteiger partial charge in [-0.05, 0) is 44.4 Å². The lowest BCUT2D eigenvalue weighted by Crippen LogP contribution is -2.10. The molecule has 0 aliphatic rings. The van der Waals surface area contributed by atoms with Crippen LogP contribution >= 0.6 is 0 Å². The summed E-state index contributed by atoms with van der Waals surface area (Å²) in [6.45, 7) is 8.29. The molecule has 0 aliphatic heterocycles. The molecule has 1 heteroatoms. The Hall–Kier alpha value is -1.34. The Morgan fingerprint density at radius 2 is 2.00 bits per heavy atom. The van der Waals surface area contributed by atoms with Crippen LogP contribution in [-0.2, 0) is 0 Å². The monoisotopic (exact) mass is 215 g/mol. The Morgan fingerprint density at radius 1 is 1.31 bits per heavy atom. The van der Waals surface area contributed by atoms with E-state index in [2.05, 4.69) is 51.1 Å². The van der Waals surface area contributed by atoms with Gasteiger partial charge < -0.3 is 5.73 Å². The van der Waals surface area contributed by atoms with Crippen molar-refractivity contribution in [2.75, 3.05) is 0 Å². The van der Waals surface area contributed by atoms with Crippen molar-refractivity contribution in [2.45, 2.75) is 33.7 Å². The minimum atomic E-state index is 0.0979. The lowest BCUT2D eigenvalue weighted by Gasteiger charge is -2.08. The second kappa shape index (κ2) is 5.66. The zero-order valence-corrected chi connectivity index (χ0v) is 10.6. The van der Waals surface area contributed by atoms with Crippen molar-refractivity contribution < 1.29 is 0 Å². The molecule has 0 amide bonds. The van der Waals surface area contributed by atoms with Gasteiger partial charge in [-0.3, -0.25) is 0 Å². The van der Waals surface area contributed by atoms with Crippen molar-refractivity contribution in [3.05, 3.63) is 53.1 Å². The van der Waals surface area contributed by atoms with Crippen LogP contribution in [0.25, 0.3) is 5.57 Å². The zero-order chi connectivity index (χ0) is 12.1. The third-order valence-electron chi connectivity index (χ3n) is 2.58. The molecule has 1 aromatic carbocycles. The van der Waals surface area contributed by atoms with Gasteiger partial charge in [-0.2, -0.15) is 0 Å². The van der Waals surface area contributed by atoms with E-state index in [4.69, 9.17) is 5.73 Å². The van der Waals surface area contributed by atoms with Crippen LogP contribution in [0, 0.1) is 13.8 Å². The van der Waals surface area contributed by atoms with E-state index in [0.717, 1.165) is 0 Å². The molecule has 1 aromatic rings. The topological polar surface area (TPSA) is 26.0 Å². The van der Waals surface area contributed by atoms with Crippen molar-refractivity contribution in [2.24, 2.45) is 5.73 Å². The van der Waals surface area contributed by atoms with Gasteiger partial charge in [0.15, 0.2) is 0 Å². The van der Waals surface area contributed by atoms with Gasteiger partial charge in [-0.25, -0.2) is 0 Å². The van der Waals surface area contributed by atoms with E-state index >= 15 is 0 Å². The SMILES string of the molecule is C/C=C(\C=C/C(C)N)c1ccc(C)cc1C. The first-order valence-electron chi connectivity index (χ1n) is 5.72. The molecule has 0 saturated carbocycles. The molecule has 0 saturated heterocycles. The highest BCUT2D eigenvalue weighted by atomic mass is 14.6. The quantitative estimate of drug-likeness (QED) is 0.766. The fraction of sp³-hybridized carbons (Fsp3) is 0.333. The third-order valence-corrected chi connectivity index (χ3v) is 2.58. The van der Waals surface area contributed by atoms with Crippen molar-refractivity contribution in [1.29, 1.82) is 0 Å². The van der Waals surface area contributed by atoms with Gasteiger partial charge in [-0.1, -0.05) is 42.0 Å². The number of benzene rings is 1. The Kier molecular flexibility index (Phi) is 4.51. The highest BCUT2D eigenvalue weighted by Crippen LogP contribution is 2.21. The number of rotatable bonds is 3. The van der Waals surface area contributed by atoms with E-state index in [1.807, 2.05) is 13.0 Å². The van der Waals surface area contributed by atoms with Gasteiger partial charge in [0, 0.05) is 6.04 Å². The van der Waals surface area contributed by atoms with E-state index in [0.29, 0.717) is 0 Å². The van der Waals surface area contributed by atoms with Crippen LogP contribution in [0.5, 0.6) is 0 Å². The van der Waals surface area contributed by atoms with Gasteiger partial charge >= 0.3 is 0 Å². The van der Waals surface area contributed by atoms with Crippen LogP contribution in [0.4, 0.5) is 0 Å². The summed E-state index contributed by atoms with van der Waals surface area (Å²) in [5, 5.41) is 0. The van der Waals surface area contributed by atoms with Crippen LogP contribution in [0.2, 0.25) is 0 Å². The Labute approximate surface area is 98.7 Å². The summed E-state index contributed by atoms with van der Waals surface area (Å²) in [5.74, 6) is 0. The van der Waals surface area contributed by atoms with Gasteiger partial charge in [0.2, 0.25) is 0 Å². The summed E-state index contributed by atoms with van der Waals surface area (Å²) in [6, 6.07) is 6.62. The lowest BCUT2D eigenvalue weighted by atomic mass is 9.98. The van der Waals surface area contributed by atoms with Gasteiger partial charge in [0.05, 0.1) is 0 Å². The van der Waals surface area contributed by atoms with Crippen LogP contribution in [0.1, 0.15) is 30.5 Å². The predicted molar refractivity (Wildman–Crippen MR) is 72.4 cm³/mol. The van der Waals surface area contributed by atoms with Crippen molar-refractivity contribution in [1.82, 2.24) is 0 Å². The smallest absolute Gasteiger partial charge is 0.0198 e. The van der Waals surface area contributed by atoms with Crippen LogP contribution in [0.15, 0.2) is 36.4 Å². The second-order valence-corrected chi connectivity index (χ2v) is 4.28. The number of hydrogen-bond acceptors (Lipinski definition) is 1. The standard InChI is InChI=1S/C15H21N/c1-5-14(8-7-13(4)16)15-9-6-11(2)10-12(15)3/h5-10,13H,16H2,1-4H3/b8-7-,14-5+. The van der Waals surface area contributed by atoms with E-state index < -0.39 is 0 Å². The van der Waals surface area contributed by atoms with Crippen LogP contribution in [0.3, 0.4) is 0 Å². The zero-order valence-electron chi connectivity index (χ0n) is 10.6. The molecule has 0 radical (unpaired) electrons. The second-order valence-electron chi connectivity index (χ2n) is 4.28. The molecule has 16 heavy (non-hydrogen) atoms. The van der Waals surface area contributed by atoms with Crippen LogP contribution in [-0.4, -0.2) is 6.04 Å². The maximum atomic E-state index is 5.72. The molecule has 0 spiro atoms. The van der Waals surface area contributed by atoms with Crippen molar-refractivity contribution in [3.8, 4) is 0 Å². The molecule has 1 unspecified atom stereocenters. The Morgan fingerprint density at radius 3 is 2.50 bits per heavy atom. The summed E-state index contributed by atoms with van der Waals surface area (Å²) in [7, 11) is 0. The highest BCUT2D eigenvalue weighted by Gasteiger charge is 2.01. The molecular weight excluding hydrogens is 194 g/mol. The largest absolute Gasteiger partial charge is 0.325 e. The Balaban J connectivity index is 3.06. The molecule has 0 fully saturated rings. The summed E-state index contributed by atoms with van der Waals surface area (Å²) in [4.78, 5) is 0. The van der Waals surface area contributed by atoms with E-state index in [-0.39, 0.29) is 6.04 Å². The average Bonchev–Trinajstić information content (AvgIpc) is 2.21. The van der Waals surface area contributed by atoms with Crippen LogP contribution < -0.4 is 5.73 Å². The molecule has 2 N–H and O–H groups in total. The number of aryl methyl sites for hydroxylation is 2. The molecule has 0 bridgehead atoms. The normalized spacial score (nSPS) is 14.4. The molecule has 86 valence electrons. The minimum Gasteiger partial charge on any atom is -0.325 e. The summed E-state index contributed by atoms with van der Waals surface area (Å²) < 4.78 is 0. The molecule has 1 atom stereocenters. The maximum absolute atomic E-state index is 5.72. The number of nitrogens with two attached hydrogens (primary N) is 1. The van der Waals surface area contributed by atoms with E-state index in [1.54, 1.807) is 0 Å². The number of allylic oxidation sites excluding steroid dienone is 3. The first-order chi connectivity index (χ1) is 7.54. The van der Waals surface area contributed by atoms with Gasteiger partial charge in [-0.15, -0.1) is 0 Å². The van der Waals surface area contributed by atoms with E-state index in [1.165, 1.54) is 22.3 Å². The van der Waals surface area contributed by atoms with Crippen molar-refractivity contribution in [3.63, 3.8) is 0 Å². The molecular formula is C15H21N. The minimum absolute atomic E-state index is 0.0979. The Bertz CT molecular complexity index is 411. The summed E-state index contributed by atoms with van der Waals surface area (Å²) in [6.07, 6.45) is 6.24. The first kappa shape index (κ1) is 12.7. The molecule has 0 heterocycles. The third kappa shape index (κ3) is 3.35.